The first-order valence-electron chi connectivity index (χ1n) is 26.1. The normalized spacial score (nSPS) is 26.6. The predicted octanol–water partition coefficient (Wildman–Crippen LogP) is 8.53. The molecule has 0 aromatic carbocycles. The second-order valence-corrected chi connectivity index (χ2v) is 22.6. The van der Waals surface area contributed by atoms with Crippen LogP contribution in [0.3, 0.4) is 0 Å². The van der Waals surface area contributed by atoms with E-state index in [0.717, 1.165) is 70.1 Å². The van der Waals surface area contributed by atoms with Crippen molar-refractivity contribution in [2.75, 3.05) is 98.3 Å². The quantitative estimate of drug-likeness (QED) is 0.00976. The standard InChI is InChI=1S/C38H71N5O4.C9H16S.C3H7NO2.C2H6/c1-6-10-16-33(7-2)29-42-30-35(38(8-3,32-42)21-22-41(5)28-34-17-12-11-13-18-34)31-47-37(44)20-14-19-36(27-39)43(40)23-26-46-25-15-24-45-9-4;1-2-3-4-5-7-9-8-6-10(7,8)9;5-2-1-4-3-6;1-2/h7,10,16,27,34-35H,6,8-9,11-15,17-26,28-32,39-40H2,1-5H3;7-9H,2-6H2,1H3;3,5H,1-2H2,(H,4,6);1-2H3/b16-10-,33-7+,36-27-;;;. The molecule has 1 spiro atoms. The molecule has 0 aromatic rings. The molecular formula is C52H100N6O6S. The van der Waals surface area contributed by atoms with E-state index in [0.29, 0.717) is 81.1 Å². The molecular weight excluding hydrogens is 837 g/mol. The van der Waals surface area contributed by atoms with Crippen LogP contribution in [0.5, 0.6) is 0 Å². The molecule has 12 nitrogen and oxygen atoms in total. The van der Waals surface area contributed by atoms with Crippen molar-refractivity contribution in [2.24, 2.45) is 28.8 Å². The Morgan fingerprint density at radius 3 is 2.32 bits per heavy atom. The fourth-order valence-electron chi connectivity index (χ4n) is 10.1. The number of hydrogen-bond acceptors (Lipinski definition) is 11. The summed E-state index contributed by atoms with van der Waals surface area (Å²) in [6, 6.07) is 0. The van der Waals surface area contributed by atoms with E-state index in [1.807, 2.05) is 20.8 Å². The van der Waals surface area contributed by atoms with Crippen LogP contribution in [0.15, 0.2) is 35.7 Å². The Balaban J connectivity index is 0.000000657. The summed E-state index contributed by atoms with van der Waals surface area (Å²) in [5, 5.41) is 15.9. The lowest BCUT2D eigenvalue weighted by Gasteiger charge is -2.36. The molecule has 6 atom stereocenters. The van der Waals surface area contributed by atoms with Gasteiger partial charge in [0, 0.05) is 92.5 Å². The summed E-state index contributed by atoms with van der Waals surface area (Å²) in [5.74, 6) is 8.97. The SMILES string of the molecule is C/C=C(\C=C/CC)CN1CC(COC(=O)CCC/C(=C/N)N(N)CCOCCCOCC)C(CC)(CCN(C)CC2CCCCC2)C1.CC.CCCCCC1C2C3CS132.O=CNCCO. The molecule has 1 aliphatic carbocycles. The van der Waals surface area contributed by atoms with E-state index in [-0.39, 0.29) is 18.0 Å². The Hall–Kier alpha value is -2.13. The van der Waals surface area contributed by atoms with E-state index in [2.05, 4.69) is 68.1 Å². The summed E-state index contributed by atoms with van der Waals surface area (Å²) in [6.07, 6.45) is 27.5. The number of ether oxygens (including phenoxy) is 3. The van der Waals surface area contributed by atoms with Gasteiger partial charge in [0.2, 0.25) is 6.41 Å². The van der Waals surface area contributed by atoms with Crippen LogP contribution >= 0.6 is 10.0 Å². The minimum absolute atomic E-state index is 0.0126. The zero-order chi connectivity index (χ0) is 47.9. The molecule has 0 aromatic heterocycles. The number of carbonyl (C=O) groups is 2. The molecule has 5 fully saturated rings. The lowest BCUT2D eigenvalue weighted by Crippen LogP contribution is -2.38. The van der Waals surface area contributed by atoms with Gasteiger partial charge in [0.1, 0.15) is 0 Å². The van der Waals surface area contributed by atoms with Crippen LogP contribution in [0, 0.1) is 17.3 Å². The number of unbranched alkanes of at least 4 members (excludes halogenated alkanes) is 2. The third kappa shape index (κ3) is 21.0. The number of allylic oxidation sites excluding steroid dienone is 3. The fraction of sp³-hybridized carbons (Fsp3) is 0.846. The smallest absolute Gasteiger partial charge is 0.305 e. The van der Waals surface area contributed by atoms with Crippen molar-refractivity contribution in [3.05, 3.63) is 35.7 Å². The van der Waals surface area contributed by atoms with E-state index < -0.39 is 0 Å². The molecule has 0 bridgehead atoms. The first-order chi connectivity index (χ1) is 31.6. The highest BCUT2D eigenvalue weighted by Crippen LogP contribution is 3.09. The van der Waals surface area contributed by atoms with Gasteiger partial charge in [-0.25, -0.2) is 15.9 Å². The molecule has 1 saturated carbocycles. The number of nitrogens with zero attached hydrogens (tertiary/aromatic N) is 3. The largest absolute Gasteiger partial charge is 0.465 e. The number of rotatable bonds is 32. The number of aliphatic hydroxyl groups excluding tert-OH is 1. The van der Waals surface area contributed by atoms with Gasteiger partial charge in [-0.05, 0) is 108 Å². The predicted molar refractivity (Wildman–Crippen MR) is 275 cm³/mol. The van der Waals surface area contributed by atoms with Crippen molar-refractivity contribution in [3.63, 3.8) is 0 Å². The zero-order valence-corrected chi connectivity index (χ0v) is 43.7. The summed E-state index contributed by atoms with van der Waals surface area (Å²) >= 11 is 0. The van der Waals surface area contributed by atoms with Crippen LogP contribution in [0.2, 0.25) is 0 Å². The van der Waals surface area contributed by atoms with Gasteiger partial charge < -0.3 is 40.3 Å². The van der Waals surface area contributed by atoms with Crippen molar-refractivity contribution >= 4 is 22.4 Å². The molecule has 4 aliphatic heterocycles. The monoisotopic (exact) mass is 937 g/mol. The first-order valence-corrected chi connectivity index (χ1v) is 28.1. The summed E-state index contributed by atoms with van der Waals surface area (Å²) in [4.78, 5) is 27.5. The molecule has 6 N–H and O–H groups in total. The lowest BCUT2D eigenvalue weighted by molar-refractivity contribution is -0.146. The van der Waals surface area contributed by atoms with Gasteiger partial charge in [-0.15, -0.1) is 0 Å². The molecule has 1 amide bonds. The third-order valence-electron chi connectivity index (χ3n) is 14.3. The van der Waals surface area contributed by atoms with Crippen LogP contribution in [0.1, 0.15) is 151 Å². The highest BCUT2D eigenvalue weighted by Gasteiger charge is 2.93. The lowest BCUT2D eigenvalue weighted by atomic mass is 9.73. The van der Waals surface area contributed by atoms with Crippen LogP contribution in [-0.2, 0) is 23.8 Å². The molecule has 0 radical (unpaired) electrons. The van der Waals surface area contributed by atoms with Gasteiger partial charge in [-0.3, -0.25) is 14.5 Å². The van der Waals surface area contributed by atoms with E-state index in [1.54, 1.807) is 23.6 Å². The van der Waals surface area contributed by atoms with Gasteiger partial charge >= 0.3 is 5.97 Å². The average Bonchev–Trinajstić information content (AvgIpc) is 4.26. The minimum atomic E-state index is -0.138. The minimum Gasteiger partial charge on any atom is -0.465 e. The molecule has 5 rings (SSSR count). The number of fused-ring (bicyclic) bond motifs is 1. The number of esters is 1. The highest BCUT2D eigenvalue weighted by molar-refractivity contribution is 8.54. The Kier molecular flexibility index (Phi) is 31.0. The summed E-state index contributed by atoms with van der Waals surface area (Å²) in [7, 11) is 2.60. The molecule has 5 aliphatic rings. The number of aliphatic hydroxyl groups is 1. The Morgan fingerprint density at radius 1 is 1.00 bits per heavy atom. The number of amides is 1. The van der Waals surface area contributed by atoms with E-state index >= 15 is 0 Å². The summed E-state index contributed by atoms with van der Waals surface area (Å²) in [5.41, 5.74) is 8.17. The van der Waals surface area contributed by atoms with Crippen LogP contribution < -0.4 is 16.9 Å². The maximum absolute atomic E-state index is 13.0. The molecule has 4 heterocycles. The third-order valence-corrected chi connectivity index (χ3v) is 19.1. The second kappa shape index (κ2) is 34.2. The van der Waals surface area contributed by atoms with Crippen molar-refractivity contribution in [1.29, 1.82) is 0 Å². The molecule has 4 saturated heterocycles. The molecule has 65 heavy (non-hydrogen) atoms. The molecule has 380 valence electrons. The number of hydrazine groups is 1. The topological polar surface area (TPSA) is 156 Å². The van der Waals surface area contributed by atoms with Gasteiger partial charge in [-0.1, -0.05) is 91.4 Å². The van der Waals surface area contributed by atoms with Crippen molar-refractivity contribution < 1.29 is 28.9 Å². The van der Waals surface area contributed by atoms with E-state index in [9.17, 15) is 9.59 Å². The van der Waals surface area contributed by atoms with Crippen LogP contribution in [0.25, 0.3) is 0 Å². The van der Waals surface area contributed by atoms with Gasteiger partial charge in [0.05, 0.1) is 26.4 Å². The van der Waals surface area contributed by atoms with Gasteiger partial charge in [0.25, 0.3) is 0 Å². The maximum atomic E-state index is 13.0. The molecule has 13 heteroatoms. The number of nitrogens with two attached hydrogens (primary N) is 2. The van der Waals surface area contributed by atoms with Crippen LogP contribution in [-0.4, -0.2) is 146 Å². The second-order valence-electron chi connectivity index (χ2n) is 18.7. The van der Waals surface area contributed by atoms with Gasteiger partial charge in [-0.2, -0.15) is 0 Å². The Labute approximate surface area is 399 Å². The Bertz CT molecular complexity index is 1360. The number of likely N-dealkylation sites (tertiary alicyclic amines) is 1. The zero-order valence-electron chi connectivity index (χ0n) is 42.9. The molecule has 6 unspecified atom stereocenters. The number of hydrogen-bond donors (Lipinski definition) is 4. The van der Waals surface area contributed by atoms with Gasteiger partial charge in [0.15, 0.2) is 0 Å². The highest BCUT2D eigenvalue weighted by atomic mass is 32.3. The van der Waals surface area contributed by atoms with Crippen molar-refractivity contribution in [1.82, 2.24) is 20.1 Å². The Morgan fingerprint density at radius 2 is 1.74 bits per heavy atom. The van der Waals surface area contributed by atoms with E-state index in [1.165, 1.54) is 79.0 Å². The summed E-state index contributed by atoms with van der Waals surface area (Å²) in [6.45, 7) is 24.1. The van der Waals surface area contributed by atoms with E-state index in [4.69, 9.17) is 30.9 Å². The number of carbonyl (C=O) groups excluding carboxylic acids is 2. The van der Waals surface area contributed by atoms with Crippen molar-refractivity contribution in [3.8, 4) is 0 Å². The number of nitrogens with one attached hydrogen (secondary N) is 1. The first kappa shape index (κ1) is 59.0. The summed E-state index contributed by atoms with van der Waals surface area (Å²) < 4.78 is 17.0. The maximum Gasteiger partial charge on any atom is 0.305 e. The average molecular weight is 937 g/mol. The fourth-order valence-corrected chi connectivity index (χ4v) is 15.4. The van der Waals surface area contributed by atoms with Crippen molar-refractivity contribution in [2.45, 2.75) is 167 Å². The van der Waals surface area contributed by atoms with Crippen LogP contribution in [0.4, 0.5) is 0 Å².